The van der Waals surface area contributed by atoms with Crippen molar-refractivity contribution in [2.75, 3.05) is 52.5 Å². The van der Waals surface area contributed by atoms with Gasteiger partial charge in [-0.05, 0) is 151 Å². The molecule has 350 valence electrons. The first-order valence-corrected chi connectivity index (χ1v) is 23.5. The molecule has 0 aliphatic carbocycles. The largest absolute Gasteiger partial charge is 0.481 e. The number of aryl methyl sites for hydroxylation is 2. The molecule has 3 aromatic heterocycles. The van der Waals surface area contributed by atoms with E-state index in [2.05, 4.69) is 60.4 Å². The van der Waals surface area contributed by atoms with Crippen LogP contribution in [0.4, 0.5) is 0 Å². The zero-order valence-electron chi connectivity index (χ0n) is 39.2. The van der Waals surface area contributed by atoms with Gasteiger partial charge in [0.15, 0.2) is 0 Å². The number of H-pyrrole nitrogens is 2. The van der Waals surface area contributed by atoms with Gasteiger partial charge in [0, 0.05) is 85.4 Å². The lowest BCUT2D eigenvalue weighted by atomic mass is 9.98. The number of aromatic nitrogens is 4. The second-order valence-corrected chi connectivity index (χ2v) is 17.3. The second-order valence-electron chi connectivity index (χ2n) is 17.3. The number of hydrogen-bond acceptors (Lipinski definition) is 10. The van der Waals surface area contributed by atoms with E-state index >= 15 is 0 Å². The number of nitrogens with zero attached hydrogens (tertiary/aromatic N) is 2. The number of hydrogen-bond donors (Lipinski definition) is 8. The summed E-state index contributed by atoms with van der Waals surface area (Å²) in [5, 5.41) is 26.2. The first kappa shape index (κ1) is 50.3. The molecule has 0 radical (unpaired) electrons. The van der Waals surface area contributed by atoms with E-state index in [0.717, 1.165) is 156 Å². The molecular weight excluding hydrogens is 809 g/mol. The summed E-state index contributed by atoms with van der Waals surface area (Å²) < 4.78 is 13.2. The van der Waals surface area contributed by atoms with Crippen LogP contribution in [-0.2, 0) is 19.1 Å². The van der Waals surface area contributed by atoms with Gasteiger partial charge in [0.25, 0.3) is 0 Å². The molecule has 2 aliphatic heterocycles. The van der Waals surface area contributed by atoms with E-state index in [1.807, 2.05) is 26.0 Å². The highest BCUT2D eigenvalue weighted by Gasteiger charge is 2.24. The smallest absolute Gasteiger partial charge is 0.303 e. The molecule has 0 aromatic carbocycles. The van der Waals surface area contributed by atoms with Gasteiger partial charge in [-0.3, -0.25) is 9.59 Å². The summed E-state index contributed by atoms with van der Waals surface area (Å²) in [5.41, 5.74) is 25.2. The number of aliphatic carboxylic acids is 2. The Bertz CT molecular complexity index is 2290. The van der Waals surface area contributed by atoms with Crippen molar-refractivity contribution in [3.8, 4) is 0 Å². The predicted octanol–water partition coefficient (Wildman–Crippen LogP) is 8.90. The van der Waals surface area contributed by atoms with E-state index in [9.17, 15) is 19.8 Å². The summed E-state index contributed by atoms with van der Waals surface area (Å²) in [4.78, 5) is 41.5. The average Bonchev–Trinajstić information content (AvgIpc) is 3.93. The molecule has 0 saturated carbocycles. The minimum absolute atomic E-state index is 0.0555. The Labute approximate surface area is 379 Å². The third kappa shape index (κ3) is 13.7. The van der Waals surface area contributed by atoms with Crippen LogP contribution >= 0.6 is 0 Å². The molecule has 2 unspecified atom stereocenters. The van der Waals surface area contributed by atoms with Crippen LogP contribution in [0.3, 0.4) is 0 Å². The summed E-state index contributed by atoms with van der Waals surface area (Å²) in [6, 6.07) is 8.17. The fraction of sp³-hybridized carbons (Fsp3) is 0.560. The molecule has 0 fully saturated rings. The number of unbranched alkanes of at least 4 members (excludes halogenated alkanes) is 6. The van der Waals surface area contributed by atoms with Crippen molar-refractivity contribution < 1.29 is 29.3 Å². The summed E-state index contributed by atoms with van der Waals surface area (Å²) in [6.07, 6.45) is 8.58. The molecule has 2 atom stereocenters. The van der Waals surface area contributed by atoms with Crippen molar-refractivity contribution in [3.05, 3.63) is 69.3 Å². The SMILES string of the molecule is CC1=C(CCC(=O)O)c2cc3nc(cc4[nH]c(cc5[nH]c(cc1n2)c(C)c5C(C)OCCCCCCNCCN)c(C)c4C(C)OCCCCCCNCCN)C(C)=C3CCC(=O)O. The van der Waals surface area contributed by atoms with Crippen LogP contribution in [0, 0.1) is 13.8 Å². The number of nitrogens with two attached hydrogens (primary N) is 2. The number of carbonyl (C=O) groups is 2. The van der Waals surface area contributed by atoms with Crippen molar-refractivity contribution in [1.29, 1.82) is 0 Å². The monoisotopic (exact) mass is 883 g/mol. The Balaban J connectivity index is 1.63. The first-order valence-electron chi connectivity index (χ1n) is 23.5. The maximum absolute atomic E-state index is 11.9. The zero-order chi connectivity index (χ0) is 46.2. The van der Waals surface area contributed by atoms with E-state index in [1.165, 1.54) is 0 Å². The van der Waals surface area contributed by atoms with E-state index < -0.39 is 11.9 Å². The first-order chi connectivity index (χ1) is 30.8. The summed E-state index contributed by atoms with van der Waals surface area (Å²) in [7, 11) is 0. The number of carboxylic acid groups (broad SMARTS) is 2. The lowest BCUT2D eigenvalue weighted by Crippen LogP contribution is -2.23. The molecule has 5 rings (SSSR count). The third-order valence-electron chi connectivity index (χ3n) is 12.5. The Hall–Kier alpha value is -4.70. The standard InChI is InChI=1S/C50H74N8O6/c1-31-37(15-17-47(59)60)43-30-44-38(16-18-48(61)62)32(2)40(56-44)28-45-50(36(6)64-26-14-10-8-12-22-54-24-20-52)34(4)42(58-45)29-46-49(33(3)41(57-46)27-39(31)55-43)35(5)63-25-13-9-7-11-21-53-23-19-51/h27-30,35-36,53-54,57-58H,7-26,51-52H2,1-6H3,(H,59,60)(H,61,62). The molecule has 14 heteroatoms. The lowest BCUT2D eigenvalue weighted by Gasteiger charge is -2.14. The number of ether oxygens (including phenoxy) is 2. The van der Waals surface area contributed by atoms with Gasteiger partial charge >= 0.3 is 11.9 Å². The third-order valence-corrected chi connectivity index (χ3v) is 12.5. The van der Waals surface area contributed by atoms with Crippen LogP contribution in [-0.4, -0.2) is 94.6 Å². The van der Waals surface area contributed by atoms with Gasteiger partial charge in [0.1, 0.15) is 0 Å². The van der Waals surface area contributed by atoms with E-state index in [-0.39, 0.29) is 37.9 Å². The lowest BCUT2D eigenvalue weighted by molar-refractivity contribution is -0.137. The molecule has 14 nitrogen and oxygen atoms in total. The predicted molar refractivity (Wildman–Crippen MR) is 259 cm³/mol. The van der Waals surface area contributed by atoms with E-state index in [0.29, 0.717) is 37.7 Å². The van der Waals surface area contributed by atoms with Gasteiger partial charge in [-0.25, -0.2) is 9.97 Å². The Morgan fingerprint density at radius 3 is 1.42 bits per heavy atom. The van der Waals surface area contributed by atoms with Gasteiger partial charge in [0.2, 0.25) is 0 Å². The maximum atomic E-state index is 11.9. The van der Waals surface area contributed by atoms with Crippen molar-refractivity contribution in [1.82, 2.24) is 30.6 Å². The number of nitrogens with one attached hydrogen (secondary N) is 4. The van der Waals surface area contributed by atoms with Crippen LogP contribution in [0.25, 0.3) is 44.4 Å². The second kappa shape index (κ2) is 25.1. The molecule has 0 spiro atoms. The van der Waals surface area contributed by atoms with E-state index in [1.54, 1.807) is 0 Å². The van der Waals surface area contributed by atoms with Gasteiger partial charge in [-0.1, -0.05) is 25.7 Å². The number of rotatable bonds is 28. The van der Waals surface area contributed by atoms with Crippen molar-refractivity contribution in [2.24, 2.45) is 11.5 Å². The highest BCUT2D eigenvalue weighted by atomic mass is 16.5. The average molecular weight is 883 g/mol. The van der Waals surface area contributed by atoms with Gasteiger partial charge in [-0.2, -0.15) is 0 Å². The fourth-order valence-corrected chi connectivity index (χ4v) is 8.84. The molecule has 0 amide bonds. The Kier molecular flexibility index (Phi) is 19.7. The molecule has 8 bridgehead atoms. The fourth-order valence-electron chi connectivity index (χ4n) is 8.84. The van der Waals surface area contributed by atoms with Gasteiger partial charge < -0.3 is 51.8 Å². The Morgan fingerprint density at radius 1 is 0.578 bits per heavy atom. The number of carboxylic acids is 2. The van der Waals surface area contributed by atoms with E-state index in [4.69, 9.17) is 30.9 Å². The minimum atomic E-state index is -0.893. The van der Waals surface area contributed by atoms with Crippen LogP contribution in [0.2, 0.25) is 0 Å². The molecular formula is C50H74N8O6. The van der Waals surface area contributed by atoms with Crippen LogP contribution in [0.5, 0.6) is 0 Å². The van der Waals surface area contributed by atoms with Gasteiger partial charge in [-0.15, -0.1) is 0 Å². The summed E-state index contributed by atoms with van der Waals surface area (Å²) in [5.74, 6) is -1.79. The maximum Gasteiger partial charge on any atom is 0.303 e. The van der Waals surface area contributed by atoms with Crippen LogP contribution in [0.1, 0.15) is 162 Å². The topological polar surface area (TPSA) is 227 Å². The quantitative estimate of drug-likeness (QED) is 0.0320. The number of fused-ring (bicyclic) bond motifs is 8. The minimum Gasteiger partial charge on any atom is -0.481 e. The molecule has 2 aliphatic rings. The number of allylic oxidation sites excluding steroid dienone is 4. The summed E-state index contributed by atoms with van der Waals surface area (Å²) >= 11 is 0. The van der Waals surface area contributed by atoms with Crippen molar-refractivity contribution >= 4 is 56.3 Å². The normalized spacial score (nSPS) is 13.9. The highest BCUT2D eigenvalue weighted by Crippen LogP contribution is 2.39. The van der Waals surface area contributed by atoms with Crippen molar-refractivity contribution in [2.45, 2.75) is 131 Å². The zero-order valence-corrected chi connectivity index (χ0v) is 39.2. The molecule has 3 aromatic rings. The van der Waals surface area contributed by atoms with Gasteiger partial charge in [0.05, 0.1) is 35.0 Å². The molecule has 5 heterocycles. The van der Waals surface area contributed by atoms with Crippen LogP contribution < -0.4 is 22.1 Å². The molecule has 10 N–H and O–H groups in total. The number of aromatic amines is 2. The summed E-state index contributed by atoms with van der Waals surface area (Å²) in [6.45, 7) is 18.6. The molecule has 64 heavy (non-hydrogen) atoms. The molecule has 0 saturated heterocycles. The highest BCUT2D eigenvalue weighted by molar-refractivity contribution is 5.96. The Morgan fingerprint density at radius 2 is 0.984 bits per heavy atom. The van der Waals surface area contributed by atoms with Crippen molar-refractivity contribution in [3.63, 3.8) is 0 Å². The van der Waals surface area contributed by atoms with Crippen LogP contribution in [0.15, 0.2) is 24.3 Å².